The minimum absolute atomic E-state index is 0.0234. The molecule has 0 spiro atoms. The summed E-state index contributed by atoms with van der Waals surface area (Å²) in [4.78, 5) is 14.7. The van der Waals surface area contributed by atoms with Crippen molar-refractivity contribution in [3.05, 3.63) is 22.8 Å². The standard InChI is InChI=1S/C17H29N3O4S/c1-4-16(15(19)21)11-14(25(22,23)5-2)13(18)10-17(16,24-3)12-20-8-6-7-9-20/h10-11H,4-9,12,18H2,1-3H3,(H2,19,21). The zero-order chi connectivity index (χ0) is 18.9. The summed E-state index contributed by atoms with van der Waals surface area (Å²) in [6, 6.07) is 0. The van der Waals surface area contributed by atoms with Gasteiger partial charge in [-0.2, -0.15) is 0 Å². The van der Waals surface area contributed by atoms with Gasteiger partial charge in [-0.1, -0.05) is 13.8 Å². The van der Waals surface area contributed by atoms with Gasteiger partial charge in [-0.3, -0.25) is 4.79 Å². The number of ether oxygens (including phenoxy) is 1. The fourth-order valence-corrected chi connectivity index (χ4v) is 5.04. The Balaban J connectivity index is 2.64. The van der Waals surface area contributed by atoms with Crippen LogP contribution >= 0.6 is 0 Å². The van der Waals surface area contributed by atoms with Crippen LogP contribution in [0.15, 0.2) is 22.8 Å². The number of carbonyl (C=O) groups excluding carboxylic acids is 1. The van der Waals surface area contributed by atoms with E-state index in [0.717, 1.165) is 25.9 Å². The van der Waals surface area contributed by atoms with Crippen molar-refractivity contribution >= 4 is 15.7 Å². The van der Waals surface area contributed by atoms with E-state index in [2.05, 4.69) is 4.90 Å². The number of carbonyl (C=O) groups is 1. The molecule has 7 nitrogen and oxygen atoms in total. The number of amides is 1. The van der Waals surface area contributed by atoms with Crippen molar-refractivity contribution in [2.75, 3.05) is 32.5 Å². The van der Waals surface area contributed by atoms with E-state index in [1.165, 1.54) is 13.2 Å². The van der Waals surface area contributed by atoms with Gasteiger partial charge in [-0.15, -0.1) is 0 Å². The maximum absolute atomic E-state index is 12.5. The molecule has 8 heteroatoms. The zero-order valence-corrected chi connectivity index (χ0v) is 16.1. The lowest BCUT2D eigenvalue weighted by Crippen LogP contribution is -2.61. The molecule has 0 aromatic rings. The molecule has 4 N–H and O–H groups in total. The van der Waals surface area contributed by atoms with Gasteiger partial charge in [0.25, 0.3) is 0 Å². The van der Waals surface area contributed by atoms with Crippen molar-refractivity contribution in [3.8, 4) is 0 Å². The van der Waals surface area contributed by atoms with E-state index < -0.39 is 26.8 Å². The Kier molecular flexibility index (Phi) is 5.65. The molecular formula is C17H29N3O4S. The molecular weight excluding hydrogens is 342 g/mol. The Labute approximate surface area is 150 Å². The molecule has 2 aliphatic rings. The van der Waals surface area contributed by atoms with E-state index in [9.17, 15) is 13.2 Å². The minimum Gasteiger partial charge on any atom is -0.398 e. The third kappa shape index (κ3) is 3.22. The van der Waals surface area contributed by atoms with E-state index in [0.29, 0.717) is 13.0 Å². The van der Waals surface area contributed by atoms with Crippen molar-refractivity contribution in [3.63, 3.8) is 0 Å². The van der Waals surface area contributed by atoms with Crippen LogP contribution < -0.4 is 11.5 Å². The summed E-state index contributed by atoms with van der Waals surface area (Å²) in [5.41, 5.74) is 9.65. The van der Waals surface area contributed by atoms with E-state index in [-0.39, 0.29) is 16.4 Å². The predicted molar refractivity (Wildman–Crippen MR) is 97.1 cm³/mol. The van der Waals surface area contributed by atoms with Crippen molar-refractivity contribution < 1.29 is 17.9 Å². The number of hydrogen-bond acceptors (Lipinski definition) is 6. The summed E-state index contributed by atoms with van der Waals surface area (Å²) < 4.78 is 30.7. The van der Waals surface area contributed by atoms with E-state index >= 15 is 0 Å². The SMILES string of the molecule is CCC1(C(N)=O)C=C(S(=O)(=O)CC)C(N)=CC1(CN1CCCC1)OC. The normalized spacial score (nSPS) is 30.8. The second kappa shape index (κ2) is 7.09. The molecule has 0 bridgehead atoms. The Morgan fingerprint density at radius 1 is 1.28 bits per heavy atom. The second-order valence-corrected chi connectivity index (χ2v) is 9.02. The van der Waals surface area contributed by atoms with E-state index in [4.69, 9.17) is 16.2 Å². The average Bonchev–Trinajstić information content (AvgIpc) is 3.07. The first-order valence-electron chi connectivity index (χ1n) is 8.69. The first-order valence-corrected chi connectivity index (χ1v) is 10.3. The lowest BCUT2D eigenvalue weighted by molar-refractivity contribution is -0.142. The lowest BCUT2D eigenvalue weighted by atomic mass is 9.65. The van der Waals surface area contributed by atoms with Crippen molar-refractivity contribution in [2.24, 2.45) is 16.9 Å². The van der Waals surface area contributed by atoms with Crippen LogP contribution in [0.5, 0.6) is 0 Å². The summed E-state index contributed by atoms with van der Waals surface area (Å²) in [6.45, 7) is 5.60. The predicted octanol–water partition coefficient (Wildman–Crippen LogP) is 0.524. The molecule has 1 heterocycles. The van der Waals surface area contributed by atoms with Crippen molar-refractivity contribution in [1.82, 2.24) is 4.90 Å². The fourth-order valence-electron chi connectivity index (χ4n) is 3.93. The van der Waals surface area contributed by atoms with Gasteiger partial charge < -0.3 is 21.1 Å². The number of likely N-dealkylation sites (tertiary alicyclic amines) is 1. The Morgan fingerprint density at radius 3 is 2.32 bits per heavy atom. The third-order valence-corrected chi connectivity index (χ3v) is 7.32. The largest absolute Gasteiger partial charge is 0.398 e. The average molecular weight is 372 g/mol. The summed E-state index contributed by atoms with van der Waals surface area (Å²) in [5, 5.41) is 0. The van der Waals surface area contributed by atoms with Crippen LogP contribution in [0, 0.1) is 5.41 Å². The molecule has 0 aromatic heterocycles. The van der Waals surface area contributed by atoms with Crippen LogP contribution in [0.3, 0.4) is 0 Å². The van der Waals surface area contributed by atoms with Crippen LogP contribution in [0.1, 0.15) is 33.1 Å². The maximum atomic E-state index is 12.5. The highest BCUT2D eigenvalue weighted by Crippen LogP contribution is 2.47. The van der Waals surface area contributed by atoms with Crippen LogP contribution in [-0.4, -0.2) is 57.3 Å². The number of nitrogens with zero attached hydrogens (tertiary/aromatic N) is 1. The van der Waals surface area contributed by atoms with Crippen LogP contribution in [0.4, 0.5) is 0 Å². The number of methoxy groups -OCH3 is 1. The van der Waals surface area contributed by atoms with Gasteiger partial charge in [0.05, 0.1) is 10.7 Å². The number of nitrogens with two attached hydrogens (primary N) is 2. The van der Waals surface area contributed by atoms with Crippen LogP contribution in [0.2, 0.25) is 0 Å². The van der Waals surface area contributed by atoms with Crippen LogP contribution in [-0.2, 0) is 19.4 Å². The summed E-state index contributed by atoms with van der Waals surface area (Å²) >= 11 is 0. The monoisotopic (exact) mass is 371 g/mol. The van der Waals surface area contributed by atoms with Crippen LogP contribution in [0.25, 0.3) is 0 Å². The number of rotatable bonds is 7. The fraction of sp³-hybridized carbons (Fsp3) is 0.706. The Hall–Kier alpha value is -1.38. The van der Waals surface area contributed by atoms with Gasteiger partial charge in [0.1, 0.15) is 11.0 Å². The molecule has 0 saturated carbocycles. The highest BCUT2D eigenvalue weighted by Gasteiger charge is 2.56. The maximum Gasteiger partial charge on any atom is 0.230 e. The molecule has 25 heavy (non-hydrogen) atoms. The molecule has 1 amide bonds. The van der Waals surface area contributed by atoms with Gasteiger partial charge in [0, 0.05) is 19.4 Å². The number of hydrogen-bond donors (Lipinski definition) is 2. The second-order valence-electron chi connectivity index (χ2n) is 6.78. The third-order valence-electron chi connectivity index (χ3n) is 5.54. The van der Waals surface area contributed by atoms with Gasteiger partial charge in [-0.05, 0) is 44.5 Å². The van der Waals surface area contributed by atoms with Crippen molar-refractivity contribution in [1.29, 1.82) is 0 Å². The molecule has 0 radical (unpaired) electrons. The molecule has 1 saturated heterocycles. The number of primary amides is 1. The zero-order valence-electron chi connectivity index (χ0n) is 15.2. The topological polar surface area (TPSA) is 116 Å². The summed E-state index contributed by atoms with van der Waals surface area (Å²) in [5.74, 6) is -0.707. The molecule has 1 aliphatic carbocycles. The van der Waals surface area contributed by atoms with E-state index in [1.807, 2.05) is 6.92 Å². The highest BCUT2D eigenvalue weighted by molar-refractivity contribution is 7.95. The Bertz CT molecular complexity index is 695. The molecule has 1 fully saturated rings. The highest BCUT2D eigenvalue weighted by atomic mass is 32.2. The van der Waals surface area contributed by atoms with E-state index in [1.54, 1.807) is 13.0 Å². The van der Waals surface area contributed by atoms with Gasteiger partial charge in [-0.25, -0.2) is 8.42 Å². The molecule has 0 aromatic carbocycles. The van der Waals surface area contributed by atoms with Gasteiger partial charge in [0.15, 0.2) is 9.84 Å². The molecule has 142 valence electrons. The molecule has 2 rings (SSSR count). The molecule has 2 unspecified atom stereocenters. The molecule has 2 atom stereocenters. The lowest BCUT2D eigenvalue weighted by Gasteiger charge is -2.48. The minimum atomic E-state index is -3.58. The quantitative estimate of drug-likeness (QED) is 0.674. The van der Waals surface area contributed by atoms with Gasteiger partial charge >= 0.3 is 0 Å². The van der Waals surface area contributed by atoms with Crippen molar-refractivity contribution in [2.45, 2.75) is 38.7 Å². The first-order chi connectivity index (χ1) is 11.7. The summed E-state index contributed by atoms with van der Waals surface area (Å²) in [7, 11) is -2.07. The smallest absolute Gasteiger partial charge is 0.230 e. The van der Waals surface area contributed by atoms with Gasteiger partial charge in [0.2, 0.25) is 5.91 Å². The summed E-state index contributed by atoms with van der Waals surface area (Å²) in [6.07, 6.45) is 5.50. The number of sulfone groups is 1. The Morgan fingerprint density at radius 2 is 1.88 bits per heavy atom. The molecule has 1 aliphatic heterocycles. The first kappa shape index (κ1) is 19.9.